The molecule has 3 aromatic carbocycles. The van der Waals surface area contributed by atoms with Gasteiger partial charge in [-0.05, 0) is 83.0 Å². The van der Waals surface area contributed by atoms with Crippen molar-refractivity contribution in [2.45, 2.75) is 83.6 Å². The molecule has 2 aliphatic heterocycles. The molecule has 5 aromatic rings. The number of nitriles is 1. The largest absolute Gasteiger partial charge is 0.453 e. The van der Waals surface area contributed by atoms with Gasteiger partial charge in [0.2, 0.25) is 11.8 Å². The quantitative estimate of drug-likeness (QED) is 0.0882. The van der Waals surface area contributed by atoms with Gasteiger partial charge < -0.3 is 34.6 Å². The van der Waals surface area contributed by atoms with Gasteiger partial charge in [0.05, 0.1) is 67.2 Å². The predicted molar refractivity (Wildman–Crippen MR) is 234 cm³/mol. The van der Waals surface area contributed by atoms with E-state index in [0.717, 1.165) is 69.5 Å². The summed E-state index contributed by atoms with van der Waals surface area (Å²) < 4.78 is 10.1. The first kappa shape index (κ1) is 41.3. The lowest BCUT2D eigenvalue weighted by Crippen LogP contribution is -2.52. The van der Waals surface area contributed by atoms with Crippen molar-refractivity contribution >= 4 is 28.7 Å². The van der Waals surface area contributed by atoms with Crippen LogP contribution in [0.3, 0.4) is 0 Å². The van der Waals surface area contributed by atoms with Crippen LogP contribution >= 0.6 is 0 Å². The van der Waals surface area contributed by atoms with Crippen molar-refractivity contribution in [1.82, 2.24) is 40.4 Å². The Bertz CT molecular complexity index is 2540. The number of hydrogen-bond donors (Lipinski definition) is 4. The monoisotopic (exact) mass is 837 g/mol. The highest BCUT2D eigenvalue weighted by molar-refractivity contribution is 5.91. The molecule has 322 valence electrons. The molecule has 4 N–H and O–H groups in total. The fourth-order valence-electron chi connectivity index (χ4n) is 10.4. The highest BCUT2D eigenvalue weighted by atomic mass is 16.5. The number of rotatable bonds is 13. The topological polar surface area (TPSA) is 181 Å². The number of nitrogens with one attached hydrogen (secondary N) is 4. The highest BCUT2D eigenvalue weighted by Gasteiger charge is 2.68. The Labute approximate surface area is 361 Å². The molecule has 9 rings (SSSR count). The van der Waals surface area contributed by atoms with Crippen LogP contribution in [0, 0.1) is 40.4 Å². The number of benzene rings is 3. The second-order valence-corrected chi connectivity index (χ2v) is 18.3. The molecule has 2 aromatic heterocycles. The lowest BCUT2D eigenvalue weighted by molar-refractivity contribution is -0.140. The molecule has 8 atom stereocenters. The molecule has 0 radical (unpaired) electrons. The molecule has 4 heterocycles. The minimum absolute atomic E-state index is 0.0374. The van der Waals surface area contributed by atoms with Crippen molar-refractivity contribution in [2.24, 2.45) is 29.1 Å². The van der Waals surface area contributed by atoms with E-state index in [4.69, 9.17) is 19.4 Å². The van der Waals surface area contributed by atoms with E-state index in [2.05, 4.69) is 106 Å². The van der Waals surface area contributed by atoms with Gasteiger partial charge in [-0.3, -0.25) is 14.9 Å². The van der Waals surface area contributed by atoms with E-state index >= 15 is 0 Å². The summed E-state index contributed by atoms with van der Waals surface area (Å²) in [4.78, 5) is 60.5. The van der Waals surface area contributed by atoms with Crippen molar-refractivity contribution in [2.75, 3.05) is 27.5 Å². The Morgan fingerprint density at radius 3 is 2.08 bits per heavy atom. The Balaban J connectivity index is 0.902. The Kier molecular flexibility index (Phi) is 10.9. The van der Waals surface area contributed by atoms with Crippen LogP contribution in [0.25, 0.3) is 44.4 Å². The molecule has 8 unspecified atom stereocenters. The minimum Gasteiger partial charge on any atom is -0.453 e. The number of carbonyl (C=O) groups excluding carboxylic acids is 3. The van der Waals surface area contributed by atoms with Crippen molar-refractivity contribution in [3.63, 3.8) is 0 Å². The first-order valence-electron chi connectivity index (χ1n) is 21.8. The number of carbonyl (C=O) groups is 3. The maximum atomic E-state index is 14.0. The van der Waals surface area contributed by atoms with Gasteiger partial charge in [-0.15, -0.1) is 0 Å². The van der Waals surface area contributed by atoms with E-state index in [1.165, 1.54) is 7.11 Å². The minimum atomic E-state index is -0.796. The summed E-state index contributed by atoms with van der Waals surface area (Å²) in [6.07, 6.45) is 6.86. The van der Waals surface area contributed by atoms with Crippen LogP contribution in [0.4, 0.5) is 4.79 Å². The smallest absolute Gasteiger partial charge is 0.407 e. The summed E-state index contributed by atoms with van der Waals surface area (Å²) in [5.41, 5.74) is 5.32. The number of fused-ring (bicyclic) bond motifs is 4. The number of nitrogens with zero attached hydrogens (tertiary/aromatic N) is 5. The second-order valence-electron chi connectivity index (χ2n) is 18.3. The van der Waals surface area contributed by atoms with Crippen molar-refractivity contribution < 1.29 is 23.9 Å². The first-order valence-corrected chi connectivity index (χ1v) is 21.8. The van der Waals surface area contributed by atoms with E-state index < -0.39 is 23.6 Å². The number of hydrogen-bond acceptors (Lipinski definition) is 9. The number of alkyl carbamates (subject to hydrolysis) is 1. The third kappa shape index (κ3) is 7.30. The molecule has 0 spiro atoms. The fraction of sp³-hybridized carbons (Fsp3) is 0.458. The first-order chi connectivity index (χ1) is 29.9. The van der Waals surface area contributed by atoms with Gasteiger partial charge in [0, 0.05) is 31.2 Å². The molecule has 4 fully saturated rings. The highest BCUT2D eigenvalue weighted by Crippen LogP contribution is 2.65. The summed E-state index contributed by atoms with van der Waals surface area (Å²) in [5.74, 6) is 1.66. The van der Waals surface area contributed by atoms with Crippen molar-refractivity contribution in [3.8, 4) is 39.7 Å². The molecule has 3 amide bonds. The fourth-order valence-corrected chi connectivity index (χ4v) is 10.4. The number of H-pyrrole nitrogens is 2. The van der Waals surface area contributed by atoms with E-state index in [9.17, 15) is 19.6 Å². The van der Waals surface area contributed by atoms with Crippen LogP contribution < -0.4 is 10.6 Å². The average Bonchev–Trinajstić information content (AvgIpc) is 3.96. The zero-order valence-electron chi connectivity index (χ0n) is 36.1. The van der Waals surface area contributed by atoms with Gasteiger partial charge in [0.25, 0.3) is 0 Å². The van der Waals surface area contributed by atoms with Crippen LogP contribution in [0.2, 0.25) is 0 Å². The molecule has 14 nitrogen and oxygen atoms in total. The van der Waals surface area contributed by atoms with E-state index in [-0.39, 0.29) is 47.7 Å². The molecular weight excluding hydrogens is 783 g/mol. The average molecular weight is 838 g/mol. The summed E-state index contributed by atoms with van der Waals surface area (Å²) in [5, 5.41) is 18.2. The Morgan fingerprint density at radius 2 is 1.44 bits per heavy atom. The van der Waals surface area contributed by atoms with Crippen molar-refractivity contribution in [1.29, 1.82) is 5.26 Å². The summed E-state index contributed by atoms with van der Waals surface area (Å²) in [7, 11) is 2.91. The van der Waals surface area contributed by atoms with Gasteiger partial charge in [0.15, 0.2) is 0 Å². The number of likely N-dealkylation sites (tertiary alicyclic amines) is 2. The number of aromatic amines is 2. The SMILES string of the molecule is COCNC(C(=O)N1C2CCC(C2)C1c1ncc(-c2ccc(-c3ccc4cc(-c5cnc(C6C7CC7(C#N)CN6C(=O)C(NC(=O)OC)C(C)C)[nH]5)ccc4c3)cc2)[nH]1)C(C)C. The zero-order chi connectivity index (χ0) is 43.4. The van der Waals surface area contributed by atoms with Gasteiger partial charge >= 0.3 is 6.09 Å². The van der Waals surface area contributed by atoms with Crippen LogP contribution in [0.15, 0.2) is 73.1 Å². The number of imidazole rings is 2. The third-order valence-electron chi connectivity index (χ3n) is 13.9. The number of piperidine rings is 2. The van der Waals surface area contributed by atoms with Crippen molar-refractivity contribution in [3.05, 3.63) is 84.7 Å². The molecule has 2 aliphatic carbocycles. The normalized spacial score (nSPS) is 24.7. The maximum absolute atomic E-state index is 14.0. The number of ether oxygens (including phenoxy) is 2. The van der Waals surface area contributed by atoms with Gasteiger partial charge in [-0.25, -0.2) is 14.8 Å². The second kappa shape index (κ2) is 16.3. The predicted octanol–water partition coefficient (Wildman–Crippen LogP) is 7.35. The molecule has 62 heavy (non-hydrogen) atoms. The Hall–Kier alpha value is -6.04. The van der Waals surface area contributed by atoms with E-state index in [1.807, 2.05) is 20.0 Å². The molecule has 14 heteroatoms. The lowest BCUT2D eigenvalue weighted by atomic mass is 9.95. The van der Waals surface area contributed by atoms with Crippen LogP contribution in [-0.2, 0) is 19.1 Å². The van der Waals surface area contributed by atoms with Crippen LogP contribution in [0.5, 0.6) is 0 Å². The van der Waals surface area contributed by atoms with Gasteiger partial charge in [-0.2, -0.15) is 5.26 Å². The van der Waals surface area contributed by atoms with Gasteiger partial charge in [0.1, 0.15) is 17.7 Å². The number of amides is 3. The Morgan fingerprint density at radius 1 is 0.823 bits per heavy atom. The van der Waals surface area contributed by atoms with Gasteiger partial charge in [-0.1, -0.05) is 76.2 Å². The summed E-state index contributed by atoms with van der Waals surface area (Å²) in [6.45, 7) is 8.50. The lowest BCUT2D eigenvalue weighted by Gasteiger charge is -2.37. The third-order valence-corrected chi connectivity index (χ3v) is 13.9. The molecule has 2 saturated carbocycles. The molecule has 4 aliphatic rings. The molecular formula is C48H55N9O5. The maximum Gasteiger partial charge on any atom is 0.407 e. The van der Waals surface area contributed by atoms with E-state index in [0.29, 0.717) is 31.4 Å². The van der Waals surface area contributed by atoms with Crippen LogP contribution in [0.1, 0.15) is 77.1 Å². The van der Waals surface area contributed by atoms with Crippen LogP contribution in [-0.4, -0.2) is 93.3 Å². The number of aromatic nitrogens is 4. The summed E-state index contributed by atoms with van der Waals surface area (Å²) >= 11 is 0. The van der Waals surface area contributed by atoms with E-state index in [1.54, 1.807) is 18.2 Å². The molecule has 2 bridgehead atoms. The number of methoxy groups -OCH3 is 2. The zero-order valence-corrected chi connectivity index (χ0v) is 36.1. The summed E-state index contributed by atoms with van der Waals surface area (Å²) in [6, 6.07) is 22.4. The standard InChI is InChI=1S/C48H55N9O5/c1-26(2)39(52-25-61-5)46(59)57-35-16-15-34(19-35)41(57)43-50-21-37(53-43)29-9-7-28(8-10-29)30-11-12-32-18-33(14-13-31(32)17-30)38-22-51-44(54-38)42-36-20-48(36,23-49)24-56(42)45(58)40(27(3)4)55-47(60)62-6/h7-14,17-18,21-22,26-27,34-36,39-42,52H,15-16,19-20,24-25H2,1-6H3,(H,50,53)(H,51,54)(H,55,60). The molecule has 2 saturated heterocycles.